The van der Waals surface area contributed by atoms with Crippen molar-refractivity contribution in [3.8, 4) is 28.7 Å². The van der Waals surface area contributed by atoms with Crippen LogP contribution in [-0.4, -0.2) is 37.4 Å². The fourth-order valence-electron chi connectivity index (χ4n) is 3.13. The van der Waals surface area contributed by atoms with Crippen LogP contribution < -0.4 is 14.2 Å². The Kier molecular flexibility index (Phi) is 4.27. The lowest BCUT2D eigenvalue weighted by molar-refractivity contribution is 0.0699. The third-order valence-corrected chi connectivity index (χ3v) is 4.53. The van der Waals surface area contributed by atoms with Crippen LogP contribution in [0, 0.1) is 0 Å². The number of aromatic nitrogens is 1. The molecule has 0 aliphatic heterocycles. The fourth-order valence-corrected chi connectivity index (χ4v) is 3.13. The maximum atomic E-state index is 11.8. The number of nitrogens with zero attached hydrogens (tertiary/aromatic N) is 1. The highest BCUT2D eigenvalue weighted by Crippen LogP contribution is 2.37. The number of carboxylic acids is 1. The second kappa shape index (κ2) is 6.77. The summed E-state index contributed by atoms with van der Waals surface area (Å²) in [7, 11) is 4.65. The van der Waals surface area contributed by atoms with E-state index in [2.05, 4.69) is 4.98 Å². The molecule has 0 bridgehead atoms. The summed E-state index contributed by atoms with van der Waals surface area (Å²) in [5.74, 6) is 1.12. The zero-order valence-electron chi connectivity index (χ0n) is 15.5. The number of hydrogen-bond acceptors (Lipinski definition) is 6. The Morgan fingerprint density at radius 3 is 2.39 bits per heavy atom. The topological polar surface area (TPSA) is 91.0 Å². The van der Waals surface area contributed by atoms with Crippen molar-refractivity contribution in [2.45, 2.75) is 0 Å². The summed E-state index contributed by atoms with van der Waals surface area (Å²) in [6, 6.07) is 11.9. The number of fused-ring (bicyclic) bond motifs is 2. The van der Waals surface area contributed by atoms with Crippen molar-refractivity contribution in [1.82, 2.24) is 4.98 Å². The minimum atomic E-state index is -1.06. The van der Waals surface area contributed by atoms with Crippen LogP contribution >= 0.6 is 0 Å². The Bertz CT molecular complexity index is 1210. The Morgan fingerprint density at radius 2 is 1.71 bits per heavy atom. The normalized spacial score (nSPS) is 11.0. The van der Waals surface area contributed by atoms with Gasteiger partial charge in [0, 0.05) is 17.5 Å². The highest BCUT2D eigenvalue weighted by atomic mass is 16.5. The number of furan rings is 1. The minimum absolute atomic E-state index is 0.115. The number of carboxylic acid groups (broad SMARTS) is 1. The van der Waals surface area contributed by atoms with Crippen LogP contribution in [0.15, 0.2) is 46.9 Å². The molecule has 0 saturated heterocycles. The average molecular weight is 379 g/mol. The first-order chi connectivity index (χ1) is 13.5. The van der Waals surface area contributed by atoms with Gasteiger partial charge in [-0.1, -0.05) is 0 Å². The van der Waals surface area contributed by atoms with E-state index in [1.165, 1.54) is 13.2 Å². The summed E-state index contributed by atoms with van der Waals surface area (Å²) < 4.78 is 21.8. The van der Waals surface area contributed by atoms with E-state index in [0.29, 0.717) is 45.2 Å². The Morgan fingerprint density at radius 1 is 0.929 bits per heavy atom. The quantitative estimate of drug-likeness (QED) is 0.550. The molecule has 2 heterocycles. The molecule has 0 radical (unpaired) electrons. The van der Waals surface area contributed by atoms with Crippen molar-refractivity contribution in [3.05, 3.63) is 48.0 Å². The SMILES string of the molecule is COc1cc(OC)c2cc(-c3cc(C(=O)O)c4cc(OC)ccc4n3)oc2c1. The number of aromatic carboxylic acids is 1. The highest BCUT2D eigenvalue weighted by Gasteiger charge is 2.18. The van der Waals surface area contributed by atoms with Crippen molar-refractivity contribution in [3.63, 3.8) is 0 Å². The van der Waals surface area contributed by atoms with Crippen LogP contribution in [0.3, 0.4) is 0 Å². The summed E-state index contributed by atoms with van der Waals surface area (Å²) in [4.78, 5) is 16.4. The van der Waals surface area contributed by atoms with Crippen LogP contribution in [0.25, 0.3) is 33.3 Å². The van der Waals surface area contributed by atoms with E-state index in [-0.39, 0.29) is 5.56 Å². The molecule has 7 heteroatoms. The monoisotopic (exact) mass is 379 g/mol. The Hall–Kier alpha value is -3.74. The van der Waals surface area contributed by atoms with Gasteiger partial charge in [-0.05, 0) is 30.3 Å². The molecule has 0 spiro atoms. The lowest BCUT2D eigenvalue weighted by Gasteiger charge is -2.07. The number of ether oxygens (including phenoxy) is 3. The highest BCUT2D eigenvalue weighted by molar-refractivity contribution is 6.04. The molecule has 0 unspecified atom stereocenters. The second-order valence-corrected chi connectivity index (χ2v) is 6.10. The Balaban J connectivity index is 1.95. The van der Waals surface area contributed by atoms with Gasteiger partial charge in [0.1, 0.15) is 28.5 Å². The smallest absolute Gasteiger partial charge is 0.336 e. The first kappa shape index (κ1) is 17.7. The van der Waals surface area contributed by atoms with Crippen LogP contribution in [0.5, 0.6) is 17.2 Å². The van der Waals surface area contributed by atoms with Crippen LogP contribution in [0.4, 0.5) is 0 Å². The summed E-state index contributed by atoms with van der Waals surface area (Å²) in [5.41, 5.74) is 1.61. The predicted octanol–water partition coefficient (Wildman–Crippen LogP) is 4.37. The Labute approximate surface area is 160 Å². The van der Waals surface area contributed by atoms with E-state index in [1.807, 2.05) is 0 Å². The van der Waals surface area contributed by atoms with Gasteiger partial charge in [-0.3, -0.25) is 0 Å². The van der Waals surface area contributed by atoms with Gasteiger partial charge in [-0.25, -0.2) is 9.78 Å². The zero-order valence-corrected chi connectivity index (χ0v) is 15.5. The molecule has 0 aliphatic carbocycles. The van der Waals surface area contributed by atoms with Crippen LogP contribution in [0.2, 0.25) is 0 Å². The van der Waals surface area contributed by atoms with Gasteiger partial charge in [-0.2, -0.15) is 0 Å². The first-order valence-electron chi connectivity index (χ1n) is 8.42. The lowest BCUT2D eigenvalue weighted by atomic mass is 10.1. The molecule has 0 fully saturated rings. The standard InChI is InChI=1S/C21H17NO6/c1-25-11-4-5-16-13(6-11)14(21(23)24)9-17(22-16)20-10-15-18(27-3)7-12(26-2)8-19(15)28-20/h4-10H,1-3H3,(H,23,24). The minimum Gasteiger partial charge on any atom is -0.497 e. The average Bonchev–Trinajstić information content (AvgIpc) is 3.15. The molecule has 0 saturated carbocycles. The molecule has 4 aromatic rings. The fraction of sp³-hybridized carbons (Fsp3) is 0.143. The molecule has 28 heavy (non-hydrogen) atoms. The van der Waals surface area contributed by atoms with Crippen molar-refractivity contribution < 1.29 is 28.5 Å². The maximum absolute atomic E-state index is 11.8. The largest absolute Gasteiger partial charge is 0.497 e. The third-order valence-electron chi connectivity index (χ3n) is 4.53. The molecule has 0 atom stereocenters. The molecule has 4 rings (SSSR count). The molecule has 2 aromatic carbocycles. The second-order valence-electron chi connectivity index (χ2n) is 6.10. The molecule has 142 valence electrons. The van der Waals surface area contributed by atoms with Gasteiger partial charge >= 0.3 is 5.97 Å². The molecular formula is C21H17NO6. The predicted molar refractivity (Wildman–Crippen MR) is 104 cm³/mol. The van der Waals surface area contributed by atoms with Crippen molar-refractivity contribution in [1.29, 1.82) is 0 Å². The van der Waals surface area contributed by atoms with Crippen LogP contribution in [0.1, 0.15) is 10.4 Å². The summed E-state index contributed by atoms with van der Waals surface area (Å²) in [6.45, 7) is 0. The van der Waals surface area contributed by atoms with E-state index in [1.54, 1.807) is 50.6 Å². The maximum Gasteiger partial charge on any atom is 0.336 e. The van der Waals surface area contributed by atoms with Gasteiger partial charge in [0.05, 0.1) is 37.8 Å². The van der Waals surface area contributed by atoms with Gasteiger partial charge in [0.25, 0.3) is 0 Å². The van der Waals surface area contributed by atoms with Crippen molar-refractivity contribution in [2.75, 3.05) is 21.3 Å². The van der Waals surface area contributed by atoms with Gasteiger partial charge in [0.15, 0.2) is 5.76 Å². The number of benzene rings is 2. The molecular weight excluding hydrogens is 362 g/mol. The number of hydrogen-bond donors (Lipinski definition) is 1. The number of pyridine rings is 1. The molecule has 1 N–H and O–H groups in total. The molecule has 2 aromatic heterocycles. The van der Waals surface area contributed by atoms with E-state index < -0.39 is 5.97 Å². The van der Waals surface area contributed by atoms with Gasteiger partial charge < -0.3 is 23.7 Å². The van der Waals surface area contributed by atoms with E-state index in [0.717, 1.165) is 5.39 Å². The summed E-state index contributed by atoms with van der Waals surface area (Å²) >= 11 is 0. The van der Waals surface area contributed by atoms with Crippen molar-refractivity contribution >= 4 is 27.8 Å². The first-order valence-corrected chi connectivity index (χ1v) is 8.42. The van der Waals surface area contributed by atoms with E-state index >= 15 is 0 Å². The number of carbonyl (C=O) groups is 1. The lowest BCUT2D eigenvalue weighted by Crippen LogP contribution is -2.00. The number of rotatable bonds is 5. The summed E-state index contributed by atoms with van der Waals surface area (Å²) in [6.07, 6.45) is 0. The molecule has 0 aliphatic rings. The van der Waals surface area contributed by atoms with E-state index in [9.17, 15) is 9.90 Å². The van der Waals surface area contributed by atoms with Crippen LogP contribution in [-0.2, 0) is 0 Å². The van der Waals surface area contributed by atoms with Gasteiger partial charge in [0.2, 0.25) is 0 Å². The molecule has 7 nitrogen and oxygen atoms in total. The van der Waals surface area contributed by atoms with Gasteiger partial charge in [-0.15, -0.1) is 0 Å². The number of methoxy groups -OCH3 is 3. The van der Waals surface area contributed by atoms with E-state index in [4.69, 9.17) is 18.6 Å². The third kappa shape index (κ3) is 2.87. The zero-order chi connectivity index (χ0) is 19.8. The summed E-state index contributed by atoms with van der Waals surface area (Å²) in [5, 5.41) is 10.9. The van der Waals surface area contributed by atoms with Crippen molar-refractivity contribution in [2.24, 2.45) is 0 Å². The molecule has 0 amide bonds.